The van der Waals surface area contributed by atoms with Crippen molar-refractivity contribution < 1.29 is 14.7 Å². The third-order valence-electron chi connectivity index (χ3n) is 5.34. The Morgan fingerprint density at radius 3 is 2.83 bits per heavy atom. The highest BCUT2D eigenvalue weighted by Gasteiger charge is 2.61. The van der Waals surface area contributed by atoms with E-state index in [2.05, 4.69) is 29.6 Å². The molecule has 1 spiro atoms. The Kier molecular flexibility index (Phi) is 3.41. The molecule has 0 saturated heterocycles. The van der Waals surface area contributed by atoms with Crippen LogP contribution in [0.4, 0.5) is 5.69 Å². The highest BCUT2D eigenvalue weighted by atomic mass is 16.4. The summed E-state index contributed by atoms with van der Waals surface area (Å²) in [5.41, 5.74) is 4.10. The molecule has 0 bridgehead atoms. The molecule has 2 N–H and O–H groups in total. The van der Waals surface area contributed by atoms with E-state index in [-0.39, 0.29) is 23.7 Å². The molecule has 1 amide bonds. The zero-order valence-electron chi connectivity index (χ0n) is 13.3. The van der Waals surface area contributed by atoms with E-state index >= 15 is 0 Å². The van der Waals surface area contributed by atoms with Crippen LogP contribution in [0.2, 0.25) is 0 Å². The average molecular weight is 321 g/mol. The van der Waals surface area contributed by atoms with Crippen LogP contribution in [0.3, 0.4) is 0 Å². The second kappa shape index (κ2) is 5.48. The van der Waals surface area contributed by atoms with Crippen LogP contribution in [0.15, 0.2) is 48.5 Å². The van der Waals surface area contributed by atoms with Gasteiger partial charge in [-0.1, -0.05) is 36.4 Å². The topological polar surface area (TPSA) is 66.4 Å². The number of amides is 1. The number of carboxylic acid groups (broad SMARTS) is 1. The maximum Gasteiger partial charge on any atom is 0.307 e. The number of benzene rings is 2. The van der Waals surface area contributed by atoms with Crippen molar-refractivity contribution in [2.45, 2.75) is 31.1 Å². The highest BCUT2D eigenvalue weighted by molar-refractivity contribution is 5.96. The van der Waals surface area contributed by atoms with Gasteiger partial charge in [0.1, 0.15) is 0 Å². The number of carbonyl (C=O) groups excluding carboxylic acids is 1. The smallest absolute Gasteiger partial charge is 0.307 e. The van der Waals surface area contributed by atoms with E-state index in [0.717, 1.165) is 19.3 Å². The Bertz CT molecular complexity index is 829. The van der Waals surface area contributed by atoms with Crippen LogP contribution in [0.25, 0.3) is 0 Å². The summed E-state index contributed by atoms with van der Waals surface area (Å²) in [5, 5.41) is 11.9. The van der Waals surface area contributed by atoms with Gasteiger partial charge >= 0.3 is 5.97 Å². The maximum absolute atomic E-state index is 12.7. The third kappa shape index (κ3) is 2.48. The van der Waals surface area contributed by atoms with Crippen LogP contribution >= 0.6 is 0 Å². The zero-order chi connectivity index (χ0) is 16.7. The minimum Gasteiger partial charge on any atom is -0.481 e. The summed E-state index contributed by atoms with van der Waals surface area (Å²) in [7, 11) is 0. The molecule has 2 aromatic carbocycles. The van der Waals surface area contributed by atoms with Crippen molar-refractivity contribution in [1.29, 1.82) is 0 Å². The molecule has 0 aliphatic heterocycles. The second-order valence-corrected chi connectivity index (χ2v) is 6.83. The van der Waals surface area contributed by atoms with Crippen molar-refractivity contribution >= 4 is 17.6 Å². The van der Waals surface area contributed by atoms with Gasteiger partial charge in [0.15, 0.2) is 0 Å². The van der Waals surface area contributed by atoms with Gasteiger partial charge in [-0.2, -0.15) is 0 Å². The molecule has 122 valence electrons. The fraction of sp³-hybridized carbons (Fsp3) is 0.300. The number of rotatable bonds is 4. The van der Waals surface area contributed by atoms with Crippen LogP contribution in [-0.2, 0) is 27.8 Å². The first-order valence-electron chi connectivity index (χ1n) is 8.28. The van der Waals surface area contributed by atoms with Crippen molar-refractivity contribution in [3.05, 3.63) is 65.2 Å². The molecule has 0 radical (unpaired) electrons. The lowest BCUT2D eigenvalue weighted by Crippen LogP contribution is -2.19. The highest BCUT2D eigenvalue weighted by Crippen LogP contribution is 2.61. The van der Waals surface area contributed by atoms with Gasteiger partial charge in [-0.15, -0.1) is 0 Å². The summed E-state index contributed by atoms with van der Waals surface area (Å²) in [6, 6.07) is 15.5. The summed E-state index contributed by atoms with van der Waals surface area (Å²) < 4.78 is 0. The Morgan fingerprint density at radius 1 is 1.17 bits per heavy atom. The summed E-state index contributed by atoms with van der Waals surface area (Å²) in [6.07, 6.45) is 2.96. The second-order valence-electron chi connectivity index (χ2n) is 6.83. The number of carboxylic acids is 1. The summed E-state index contributed by atoms with van der Waals surface area (Å²) in [6.45, 7) is 0. The van der Waals surface area contributed by atoms with Crippen LogP contribution in [0, 0.1) is 5.92 Å². The lowest BCUT2D eigenvalue weighted by Gasteiger charge is -2.12. The minimum absolute atomic E-state index is 0.0179. The number of aliphatic carboxylic acids is 1. The molecule has 2 aromatic rings. The number of carbonyl (C=O) groups is 2. The molecule has 2 aliphatic rings. The summed E-state index contributed by atoms with van der Waals surface area (Å²) >= 11 is 0. The van der Waals surface area contributed by atoms with E-state index in [1.165, 1.54) is 11.1 Å². The number of hydrogen-bond acceptors (Lipinski definition) is 2. The lowest BCUT2D eigenvalue weighted by molar-refractivity contribution is -0.136. The first kappa shape index (κ1) is 14.9. The van der Waals surface area contributed by atoms with Gasteiger partial charge in [-0.05, 0) is 48.1 Å². The predicted octanol–water partition coefficient (Wildman–Crippen LogP) is 3.16. The fourth-order valence-electron chi connectivity index (χ4n) is 4.10. The van der Waals surface area contributed by atoms with E-state index in [0.29, 0.717) is 11.3 Å². The zero-order valence-corrected chi connectivity index (χ0v) is 13.3. The number of fused-ring (bicyclic) bond motifs is 2. The molecule has 2 atom stereocenters. The van der Waals surface area contributed by atoms with Crippen LogP contribution in [0.1, 0.15) is 29.5 Å². The quantitative estimate of drug-likeness (QED) is 0.909. The Balaban J connectivity index is 1.48. The molecule has 2 aliphatic carbocycles. The molecule has 4 heteroatoms. The lowest BCUT2D eigenvalue weighted by atomic mass is 9.95. The molecule has 1 fully saturated rings. The van der Waals surface area contributed by atoms with Gasteiger partial charge in [0.2, 0.25) is 5.91 Å². The number of anilines is 1. The number of aryl methyl sites for hydroxylation is 1. The molecule has 4 rings (SSSR count). The number of hydrogen-bond donors (Lipinski definition) is 2. The molecular formula is C20H19NO3. The van der Waals surface area contributed by atoms with Gasteiger partial charge in [0, 0.05) is 17.0 Å². The van der Waals surface area contributed by atoms with Gasteiger partial charge in [0.25, 0.3) is 0 Å². The minimum atomic E-state index is -0.873. The SMILES string of the molecule is O=C(O)Cc1cccc(NC(=O)C2CC23CCc2ccccc23)c1. The maximum atomic E-state index is 12.7. The van der Waals surface area contributed by atoms with Crippen LogP contribution in [0.5, 0.6) is 0 Å². The molecule has 2 unspecified atom stereocenters. The normalized spacial score (nSPS) is 23.8. The fourth-order valence-corrected chi connectivity index (χ4v) is 4.10. The van der Waals surface area contributed by atoms with E-state index in [4.69, 9.17) is 5.11 Å². The predicted molar refractivity (Wildman–Crippen MR) is 91.0 cm³/mol. The van der Waals surface area contributed by atoms with Crippen LogP contribution < -0.4 is 5.32 Å². The molecule has 4 nitrogen and oxygen atoms in total. The van der Waals surface area contributed by atoms with Crippen molar-refractivity contribution in [3.8, 4) is 0 Å². The molecule has 0 heterocycles. The first-order chi connectivity index (χ1) is 11.6. The van der Waals surface area contributed by atoms with Gasteiger partial charge in [0.05, 0.1) is 6.42 Å². The number of nitrogens with one attached hydrogen (secondary N) is 1. The monoisotopic (exact) mass is 321 g/mol. The molecular weight excluding hydrogens is 302 g/mol. The van der Waals surface area contributed by atoms with Crippen molar-refractivity contribution in [2.24, 2.45) is 5.92 Å². The van der Waals surface area contributed by atoms with Gasteiger partial charge < -0.3 is 10.4 Å². The summed E-state index contributed by atoms with van der Waals surface area (Å²) in [5.74, 6) is -0.814. The van der Waals surface area contributed by atoms with E-state index < -0.39 is 5.97 Å². The Morgan fingerprint density at radius 2 is 2.00 bits per heavy atom. The van der Waals surface area contributed by atoms with E-state index in [9.17, 15) is 9.59 Å². The van der Waals surface area contributed by atoms with Gasteiger partial charge in [-0.25, -0.2) is 0 Å². The molecule has 1 saturated carbocycles. The van der Waals surface area contributed by atoms with Crippen LogP contribution in [-0.4, -0.2) is 17.0 Å². The summed E-state index contributed by atoms with van der Waals surface area (Å²) in [4.78, 5) is 23.5. The van der Waals surface area contributed by atoms with Crippen molar-refractivity contribution in [1.82, 2.24) is 0 Å². The van der Waals surface area contributed by atoms with E-state index in [1.807, 2.05) is 0 Å². The standard InChI is InChI=1S/C20H19NO3/c22-18(23)11-13-4-3-6-15(10-13)21-19(24)17-12-20(17)9-8-14-5-1-2-7-16(14)20/h1-7,10,17H,8-9,11-12H2,(H,21,24)(H,22,23). The Hall–Kier alpha value is -2.62. The van der Waals surface area contributed by atoms with Crippen molar-refractivity contribution in [2.75, 3.05) is 5.32 Å². The van der Waals surface area contributed by atoms with Crippen molar-refractivity contribution in [3.63, 3.8) is 0 Å². The van der Waals surface area contributed by atoms with E-state index in [1.54, 1.807) is 24.3 Å². The van der Waals surface area contributed by atoms with Gasteiger partial charge in [-0.3, -0.25) is 9.59 Å². The Labute approximate surface area is 140 Å². The largest absolute Gasteiger partial charge is 0.481 e. The molecule has 24 heavy (non-hydrogen) atoms. The third-order valence-corrected chi connectivity index (χ3v) is 5.34. The average Bonchev–Trinajstić information content (AvgIpc) is 3.17. The molecule has 0 aromatic heterocycles. The first-order valence-corrected chi connectivity index (χ1v) is 8.28.